The Balaban J connectivity index is 2.38. The molecule has 0 bridgehead atoms. The molecule has 0 aliphatic rings. The van der Waals surface area contributed by atoms with Crippen LogP contribution in [0.2, 0.25) is 0 Å². The molecule has 1 aromatic rings. The molecular formula is C11H21N5O. The molecule has 6 nitrogen and oxygen atoms in total. The number of nitrogens with two attached hydrogens (primary N) is 1. The largest absolute Gasteiger partial charge is 0.349 e. The van der Waals surface area contributed by atoms with Gasteiger partial charge in [0, 0.05) is 13.0 Å². The summed E-state index contributed by atoms with van der Waals surface area (Å²) in [6.45, 7) is 5.83. The predicted molar refractivity (Wildman–Crippen MR) is 65.0 cm³/mol. The predicted octanol–water partition coefficient (Wildman–Crippen LogP) is 0.289. The molecule has 1 aromatic heterocycles. The van der Waals surface area contributed by atoms with E-state index in [2.05, 4.69) is 15.5 Å². The number of amides is 1. The van der Waals surface area contributed by atoms with E-state index in [1.807, 2.05) is 18.4 Å². The zero-order valence-electron chi connectivity index (χ0n) is 10.5. The fourth-order valence-corrected chi connectivity index (χ4v) is 1.59. The number of carbonyl (C=O) groups excluding carboxylic acids is 1. The normalized spacial score (nSPS) is 12.4. The Morgan fingerprint density at radius 2 is 2.35 bits per heavy atom. The molecule has 1 rings (SSSR count). The van der Waals surface area contributed by atoms with Crippen molar-refractivity contribution in [1.82, 2.24) is 20.1 Å². The Labute approximate surface area is 102 Å². The van der Waals surface area contributed by atoms with Crippen LogP contribution in [0, 0.1) is 5.92 Å². The second-order valence-electron chi connectivity index (χ2n) is 4.02. The van der Waals surface area contributed by atoms with Gasteiger partial charge in [0.05, 0.1) is 6.54 Å². The SMILES string of the molecule is CCC(CN)CC(=O)NCc1nncn1CC. The maximum absolute atomic E-state index is 11.6. The summed E-state index contributed by atoms with van der Waals surface area (Å²) in [5.41, 5.74) is 5.56. The lowest BCUT2D eigenvalue weighted by Crippen LogP contribution is -2.28. The zero-order valence-corrected chi connectivity index (χ0v) is 10.5. The summed E-state index contributed by atoms with van der Waals surface area (Å²) in [5, 5.41) is 10.6. The summed E-state index contributed by atoms with van der Waals surface area (Å²) in [6, 6.07) is 0. The lowest BCUT2D eigenvalue weighted by Gasteiger charge is -2.11. The van der Waals surface area contributed by atoms with E-state index in [9.17, 15) is 4.79 Å². The van der Waals surface area contributed by atoms with Gasteiger partial charge in [-0.15, -0.1) is 10.2 Å². The molecular weight excluding hydrogens is 218 g/mol. The van der Waals surface area contributed by atoms with E-state index in [0.29, 0.717) is 19.5 Å². The van der Waals surface area contributed by atoms with Gasteiger partial charge in [-0.1, -0.05) is 13.3 Å². The van der Waals surface area contributed by atoms with E-state index < -0.39 is 0 Å². The molecule has 0 aliphatic heterocycles. The molecule has 1 unspecified atom stereocenters. The molecule has 1 heterocycles. The van der Waals surface area contributed by atoms with Crippen LogP contribution in [0.1, 0.15) is 32.5 Å². The molecule has 3 N–H and O–H groups in total. The number of hydrogen-bond donors (Lipinski definition) is 2. The maximum atomic E-state index is 11.6. The number of aromatic nitrogens is 3. The highest BCUT2D eigenvalue weighted by atomic mass is 16.1. The number of carbonyl (C=O) groups is 1. The Morgan fingerprint density at radius 3 is 2.94 bits per heavy atom. The molecule has 6 heteroatoms. The average Bonchev–Trinajstić information content (AvgIpc) is 2.80. The van der Waals surface area contributed by atoms with Gasteiger partial charge in [-0.05, 0) is 19.4 Å². The van der Waals surface area contributed by atoms with Crippen molar-refractivity contribution in [2.45, 2.75) is 39.8 Å². The maximum Gasteiger partial charge on any atom is 0.220 e. The van der Waals surface area contributed by atoms with E-state index in [1.54, 1.807) is 6.33 Å². The fourth-order valence-electron chi connectivity index (χ4n) is 1.59. The fraction of sp³-hybridized carbons (Fsp3) is 0.727. The number of hydrogen-bond acceptors (Lipinski definition) is 4. The van der Waals surface area contributed by atoms with Gasteiger partial charge >= 0.3 is 0 Å². The van der Waals surface area contributed by atoms with Crippen LogP contribution in [0.4, 0.5) is 0 Å². The summed E-state index contributed by atoms with van der Waals surface area (Å²) >= 11 is 0. The number of nitrogens with one attached hydrogen (secondary N) is 1. The molecule has 17 heavy (non-hydrogen) atoms. The van der Waals surface area contributed by atoms with Crippen molar-refractivity contribution in [3.63, 3.8) is 0 Å². The van der Waals surface area contributed by atoms with Crippen molar-refractivity contribution in [3.8, 4) is 0 Å². The second kappa shape index (κ2) is 7.01. The Hall–Kier alpha value is -1.43. The highest BCUT2D eigenvalue weighted by Crippen LogP contribution is 2.05. The lowest BCUT2D eigenvalue weighted by molar-refractivity contribution is -0.122. The second-order valence-corrected chi connectivity index (χ2v) is 4.02. The first-order valence-electron chi connectivity index (χ1n) is 6.04. The van der Waals surface area contributed by atoms with Gasteiger partial charge in [0.25, 0.3) is 0 Å². The molecule has 1 atom stereocenters. The Bertz CT molecular complexity index is 345. The first-order chi connectivity index (χ1) is 8.21. The third-order valence-electron chi connectivity index (χ3n) is 2.86. The minimum atomic E-state index is 0.0213. The number of rotatable bonds is 7. The third-order valence-corrected chi connectivity index (χ3v) is 2.86. The topological polar surface area (TPSA) is 85.8 Å². The van der Waals surface area contributed by atoms with Crippen LogP contribution in [0.3, 0.4) is 0 Å². The Kier molecular flexibility index (Phi) is 5.62. The van der Waals surface area contributed by atoms with Crippen LogP contribution in [-0.2, 0) is 17.9 Å². The molecule has 0 saturated carbocycles. The summed E-state index contributed by atoms with van der Waals surface area (Å²) in [5.74, 6) is 1.06. The molecule has 96 valence electrons. The highest BCUT2D eigenvalue weighted by Gasteiger charge is 2.11. The minimum Gasteiger partial charge on any atom is -0.349 e. The van der Waals surface area contributed by atoms with Crippen molar-refractivity contribution in [2.24, 2.45) is 11.7 Å². The van der Waals surface area contributed by atoms with Crippen LogP contribution >= 0.6 is 0 Å². The zero-order chi connectivity index (χ0) is 12.7. The molecule has 0 fully saturated rings. The molecule has 0 spiro atoms. The van der Waals surface area contributed by atoms with E-state index in [4.69, 9.17) is 5.73 Å². The van der Waals surface area contributed by atoms with Crippen molar-refractivity contribution >= 4 is 5.91 Å². The summed E-state index contributed by atoms with van der Waals surface area (Å²) in [4.78, 5) is 11.6. The first kappa shape index (κ1) is 13.6. The van der Waals surface area contributed by atoms with Crippen LogP contribution in [0.25, 0.3) is 0 Å². The average molecular weight is 239 g/mol. The standard InChI is InChI=1S/C11H21N5O/c1-3-9(6-12)5-11(17)13-7-10-15-14-8-16(10)4-2/h8-9H,3-7,12H2,1-2H3,(H,13,17). The summed E-state index contributed by atoms with van der Waals surface area (Å²) < 4.78 is 1.90. The quantitative estimate of drug-likeness (QED) is 0.716. The van der Waals surface area contributed by atoms with E-state index in [1.165, 1.54) is 0 Å². The number of aryl methyl sites for hydroxylation is 1. The van der Waals surface area contributed by atoms with Gasteiger partial charge < -0.3 is 15.6 Å². The van der Waals surface area contributed by atoms with Gasteiger partial charge in [0.1, 0.15) is 6.33 Å². The molecule has 0 radical (unpaired) electrons. The van der Waals surface area contributed by atoms with Crippen molar-refractivity contribution in [2.75, 3.05) is 6.54 Å². The lowest BCUT2D eigenvalue weighted by atomic mass is 10.0. The summed E-state index contributed by atoms with van der Waals surface area (Å²) in [7, 11) is 0. The third kappa shape index (κ3) is 4.14. The number of nitrogens with zero attached hydrogens (tertiary/aromatic N) is 3. The van der Waals surface area contributed by atoms with Crippen molar-refractivity contribution in [3.05, 3.63) is 12.2 Å². The van der Waals surface area contributed by atoms with Gasteiger partial charge in [-0.3, -0.25) is 4.79 Å². The smallest absolute Gasteiger partial charge is 0.220 e. The molecule has 0 saturated heterocycles. The van der Waals surface area contributed by atoms with Crippen molar-refractivity contribution < 1.29 is 4.79 Å². The van der Waals surface area contributed by atoms with Gasteiger partial charge in [-0.25, -0.2) is 0 Å². The van der Waals surface area contributed by atoms with E-state index in [0.717, 1.165) is 18.8 Å². The first-order valence-corrected chi connectivity index (χ1v) is 6.04. The minimum absolute atomic E-state index is 0.0213. The highest BCUT2D eigenvalue weighted by molar-refractivity contribution is 5.76. The van der Waals surface area contributed by atoms with Crippen LogP contribution in [-0.4, -0.2) is 27.2 Å². The van der Waals surface area contributed by atoms with Crippen LogP contribution in [0.15, 0.2) is 6.33 Å². The molecule has 1 amide bonds. The van der Waals surface area contributed by atoms with E-state index >= 15 is 0 Å². The van der Waals surface area contributed by atoms with Gasteiger partial charge in [0.15, 0.2) is 5.82 Å². The van der Waals surface area contributed by atoms with Crippen molar-refractivity contribution in [1.29, 1.82) is 0 Å². The van der Waals surface area contributed by atoms with Crippen LogP contribution in [0.5, 0.6) is 0 Å². The van der Waals surface area contributed by atoms with E-state index in [-0.39, 0.29) is 11.8 Å². The Morgan fingerprint density at radius 1 is 1.59 bits per heavy atom. The monoisotopic (exact) mass is 239 g/mol. The van der Waals surface area contributed by atoms with Crippen LogP contribution < -0.4 is 11.1 Å². The van der Waals surface area contributed by atoms with Gasteiger partial charge in [-0.2, -0.15) is 0 Å². The summed E-state index contributed by atoms with van der Waals surface area (Å²) in [6.07, 6.45) is 3.07. The van der Waals surface area contributed by atoms with Gasteiger partial charge in [0.2, 0.25) is 5.91 Å². The molecule has 0 aromatic carbocycles. The molecule has 0 aliphatic carbocycles.